The van der Waals surface area contributed by atoms with Crippen LogP contribution in [0.5, 0.6) is 0 Å². The van der Waals surface area contributed by atoms with E-state index in [4.69, 9.17) is 12.2 Å². The maximum atomic E-state index is 4.88. The van der Waals surface area contributed by atoms with Crippen molar-refractivity contribution in [2.45, 2.75) is 5.50 Å². The lowest BCUT2D eigenvalue weighted by Crippen LogP contribution is -2.39. The van der Waals surface area contributed by atoms with Gasteiger partial charge in [0.05, 0.1) is 0 Å². The van der Waals surface area contributed by atoms with Crippen LogP contribution in [-0.4, -0.2) is 28.8 Å². The molecule has 1 fully saturated rings. The molecule has 0 amide bonds. The number of nitrogens with zero attached hydrogens (tertiary/aromatic N) is 1. The molecule has 0 spiro atoms. The highest BCUT2D eigenvalue weighted by Gasteiger charge is 2.19. The average molecular weight is 163 g/mol. The molecule has 0 bridgehead atoms. The molecule has 0 aromatic heterocycles. The van der Waals surface area contributed by atoms with Gasteiger partial charge in [-0.3, -0.25) is 4.90 Å². The van der Waals surface area contributed by atoms with Crippen LogP contribution in [0.15, 0.2) is 0 Å². The zero-order valence-corrected chi connectivity index (χ0v) is 6.97. The number of nitrogens with one attached hydrogen (secondary N) is 2. The molecule has 9 heavy (non-hydrogen) atoms. The van der Waals surface area contributed by atoms with Gasteiger partial charge in [0.2, 0.25) is 0 Å². The molecule has 0 saturated carbocycles. The molecule has 1 unspecified atom stereocenters. The van der Waals surface area contributed by atoms with E-state index in [1.807, 2.05) is 14.1 Å². The number of rotatable bonds is 1. The Morgan fingerprint density at radius 2 is 2.33 bits per heavy atom. The maximum absolute atomic E-state index is 4.88. The van der Waals surface area contributed by atoms with Crippen LogP contribution < -0.4 is 10.9 Å². The van der Waals surface area contributed by atoms with Gasteiger partial charge >= 0.3 is 0 Å². The summed E-state index contributed by atoms with van der Waals surface area (Å²) in [6.45, 7) is 0. The van der Waals surface area contributed by atoms with Gasteiger partial charge in [0.15, 0.2) is 4.32 Å². The van der Waals surface area contributed by atoms with E-state index >= 15 is 0 Å². The first-order valence-electron chi connectivity index (χ1n) is 2.59. The van der Waals surface area contributed by atoms with Crippen LogP contribution in [0.25, 0.3) is 0 Å². The highest BCUT2D eigenvalue weighted by atomic mass is 32.2. The fourth-order valence-electron chi connectivity index (χ4n) is 0.515. The van der Waals surface area contributed by atoms with Crippen molar-refractivity contribution in [1.82, 2.24) is 15.8 Å². The van der Waals surface area contributed by atoms with Crippen LogP contribution >= 0.6 is 24.0 Å². The normalized spacial score (nSPS) is 27.0. The van der Waals surface area contributed by atoms with Gasteiger partial charge in [0.25, 0.3) is 0 Å². The summed E-state index contributed by atoms with van der Waals surface area (Å²) in [6, 6.07) is 0. The Labute approximate surface area is 64.1 Å². The van der Waals surface area contributed by atoms with E-state index in [-0.39, 0.29) is 5.50 Å². The molecule has 1 atom stereocenters. The summed E-state index contributed by atoms with van der Waals surface area (Å²) in [6.07, 6.45) is 0. The van der Waals surface area contributed by atoms with E-state index in [1.165, 1.54) is 0 Å². The van der Waals surface area contributed by atoms with Gasteiger partial charge in [0, 0.05) is 0 Å². The second kappa shape index (κ2) is 2.83. The van der Waals surface area contributed by atoms with Gasteiger partial charge in [-0.15, -0.1) is 0 Å². The van der Waals surface area contributed by atoms with E-state index in [0.29, 0.717) is 0 Å². The highest BCUT2D eigenvalue weighted by molar-refractivity contribution is 8.23. The summed E-state index contributed by atoms with van der Waals surface area (Å²) in [4.78, 5) is 2.05. The Hall–Kier alpha value is 0.160. The molecule has 3 nitrogen and oxygen atoms in total. The first kappa shape index (κ1) is 7.27. The molecule has 52 valence electrons. The van der Waals surface area contributed by atoms with Crippen molar-refractivity contribution >= 4 is 28.3 Å². The first-order chi connectivity index (χ1) is 4.20. The van der Waals surface area contributed by atoms with Crippen LogP contribution in [0.1, 0.15) is 0 Å². The predicted molar refractivity (Wildman–Crippen MR) is 43.9 cm³/mol. The standard InChI is InChI=1S/C4H9N3S2/c1-7(2)3-5-6-4(8)9-3/h3,5H,1-2H3,(H,6,8). The molecular formula is C4H9N3S2. The first-order valence-corrected chi connectivity index (χ1v) is 3.87. The van der Waals surface area contributed by atoms with Crippen molar-refractivity contribution in [3.05, 3.63) is 0 Å². The second-order valence-electron chi connectivity index (χ2n) is 1.99. The van der Waals surface area contributed by atoms with Gasteiger partial charge < -0.3 is 5.43 Å². The summed E-state index contributed by atoms with van der Waals surface area (Å²) in [7, 11) is 4.00. The number of thioether (sulfide) groups is 1. The van der Waals surface area contributed by atoms with Crippen LogP contribution in [-0.2, 0) is 0 Å². The van der Waals surface area contributed by atoms with Crippen LogP contribution in [0, 0.1) is 0 Å². The quantitative estimate of drug-likeness (QED) is 0.529. The smallest absolute Gasteiger partial charge is 0.150 e. The van der Waals surface area contributed by atoms with Crippen molar-refractivity contribution in [3.63, 3.8) is 0 Å². The third-order valence-electron chi connectivity index (χ3n) is 0.985. The lowest BCUT2D eigenvalue weighted by molar-refractivity contribution is 0.333. The van der Waals surface area contributed by atoms with E-state index < -0.39 is 0 Å². The minimum Gasteiger partial charge on any atom is -0.304 e. The van der Waals surface area contributed by atoms with Gasteiger partial charge in [-0.1, -0.05) is 24.0 Å². The van der Waals surface area contributed by atoms with Crippen molar-refractivity contribution < 1.29 is 0 Å². The molecular weight excluding hydrogens is 154 g/mol. The molecule has 2 N–H and O–H groups in total. The Morgan fingerprint density at radius 1 is 1.67 bits per heavy atom. The van der Waals surface area contributed by atoms with E-state index in [9.17, 15) is 0 Å². The molecule has 1 heterocycles. The Bertz CT molecular complexity index is 125. The number of hydrazine groups is 1. The average Bonchev–Trinajstić information content (AvgIpc) is 2.14. The topological polar surface area (TPSA) is 27.3 Å². The van der Waals surface area contributed by atoms with Gasteiger partial charge in [0.1, 0.15) is 5.50 Å². The van der Waals surface area contributed by atoms with Crippen LogP contribution in [0.3, 0.4) is 0 Å². The monoisotopic (exact) mass is 163 g/mol. The number of hydrogen-bond donors (Lipinski definition) is 2. The molecule has 1 aliphatic rings. The molecule has 1 rings (SSSR count). The summed E-state index contributed by atoms with van der Waals surface area (Å²) in [5, 5.41) is 0. The lowest BCUT2D eigenvalue weighted by Gasteiger charge is -2.15. The van der Waals surface area contributed by atoms with Crippen molar-refractivity contribution in [2.24, 2.45) is 0 Å². The second-order valence-corrected chi connectivity index (χ2v) is 3.75. The van der Waals surface area contributed by atoms with E-state index in [2.05, 4.69) is 15.8 Å². The Balaban J connectivity index is 2.39. The molecule has 0 radical (unpaired) electrons. The minimum absolute atomic E-state index is 0.289. The molecule has 1 aliphatic heterocycles. The maximum Gasteiger partial charge on any atom is 0.150 e. The van der Waals surface area contributed by atoms with E-state index in [1.54, 1.807) is 11.8 Å². The van der Waals surface area contributed by atoms with E-state index in [0.717, 1.165) is 4.32 Å². The van der Waals surface area contributed by atoms with Gasteiger partial charge in [-0.25, -0.2) is 5.43 Å². The highest BCUT2D eigenvalue weighted by Crippen LogP contribution is 2.14. The van der Waals surface area contributed by atoms with Crippen LogP contribution in [0.4, 0.5) is 0 Å². The van der Waals surface area contributed by atoms with Crippen molar-refractivity contribution in [2.75, 3.05) is 14.1 Å². The third-order valence-corrected chi connectivity index (χ3v) is 2.46. The SMILES string of the molecule is CN(C)C1NNC(=S)S1. The zero-order valence-electron chi connectivity index (χ0n) is 5.34. The molecule has 5 heteroatoms. The Morgan fingerprint density at radius 3 is 2.56 bits per heavy atom. The van der Waals surface area contributed by atoms with Gasteiger partial charge in [-0.2, -0.15) is 0 Å². The minimum atomic E-state index is 0.289. The third kappa shape index (κ3) is 1.79. The Kier molecular flexibility index (Phi) is 2.29. The van der Waals surface area contributed by atoms with Crippen molar-refractivity contribution in [3.8, 4) is 0 Å². The summed E-state index contributed by atoms with van der Waals surface area (Å²) < 4.78 is 0.814. The summed E-state index contributed by atoms with van der Waals surface area (Å²) in [5.41, 5.74) is 6.15. The largest absolute Gasteiger partial charge is 0.304 e. The summed E-state index contributed by atoms with van der Waals surface area (Å²) >= 11 is 6.49. The van der Waals surface area contributed by atoms with Crippen molar-refractivity contribution in [1.29, 1.82) is 0 Å². The zero-order chi connectivity index (χ0) is 6.85. The fraction of sp³-hybridized carbons (Fsp3) is 0.750. The number of thiocarbonyl (C=S) groups is 1. The molecule has 0 aliphatic carbocycles. The lowest BCUT2D eigenvalue weighted by atomic mass is 10.9. The predicted octanol–water partition coefficient (Wildman–Crippen LogP) is -0.0425. The molecule has 0 aromatic rings. The number of hydrogen-bond acceptors (Lipinski definition) is 4. The summed E-state index contributed by atoms with van der Waals surface area (Å²) in [5.74, 6) is 0. The fourth-order valence-corrected chi connectivity index (χ4v) is 1.50. The molecule has 1 saturated heterocycles. The van der Waals surface area contributed by atoms with Crippen LogP contribution in [0.2, 0.25) is 0 Å². The molecule has 0 aromatic carbocycles. The van der Waals surface area contributed by atoms with Gasteiger partial charge in [-0.05, 0) is 14.1 Å².